The van der Waals surface area contributed by atoms with E-state index in [4.69, 9.17) is 0 Å². The maximum Gasteiger partial charge on any atom is 0.239 e. The molecule has 0 radical (unpaired) electrons. The normalized spacial score (nSPS) is 9.29. The van der Waals surface area contributed by atoms with Crippen LogP contribution in [0.5, 0.6) is 0 Å². The standard InChI is InChI=1S/C8H15N3O3/c1-6(12)10-5-8(14)11-4-7(13)3-9-2/h9H,3-5H2,1-2H3,(H,10,12)(H,11,14). The summed E-state index contributed by atoms with van der Waals surface area (Å²) >= 11 is 0. The Morgan fingerprint density at radius 2 is 1.64 bits per heavy atom. The van der Waals surface area contributed by atoms with Crippen LogP contribution in [0.4, 0.5) is 0 Å². The quantitative estimate of drug-likeness (QED) is 0.465. The zero-order valence-corrected chi connectivity index (χ0v) is 8.35. The van der Waals surface area contributed by atoms with Crippen molar-refractivity contribution in [2.75, 3.05) is 26.7 Å². The van der Waals surface area contributed by atoms with E-state index in [0.29, 0.717) is 0 Å². The second-order valence-electron chi connectivity index (χ2n) is 2.76. The Hall–Kier alpha value is -1.43. The number of ketones is 1. The Morgan fingerprint density at radius 3 is 2.14 bits per heavy atom. The first-order valence-corrected chi connectivity index (χ1v) is 4.23. The van der Waals surface area contributed by atoms with Crippen LogP contribution in [0, 0.1) is 0 Å². The molecule has 0 fully saturated rings. The molecule has 0 aliphatic heterocycles. The zero-order chi connectivity index (χ0) is 11.0. The first kappa shape index (κ1) is 12.6. The van der Waals surface area contributed by atoms with Crippen molar-refractivity contribution in [3.63, 3.8) is 0 Å². The Labute approximate surface area is 82.4 Å². The van der Waals surface area contributed by atoms with Crippen LogP contribution in [-0.4, -0.2) is 44.3 Å². The van der Waals surface area contributed by atoms with Gasteiger partial charge in [0.05, 0.1) is 19.6 Å². The summed E-state index contributed by atoms with van der Waals surface area (Å²) in [6, 6.07) is 0. The van der Waals surface area contributed by atoms with E-state index in [0.717, 1.165) is 0 Å². The van der Waals surface area contributed by atoms with Crippen molar-refractivity contribution in [1.29, 1.82) is 0 Å². The van der Waals surface area contributed by atoms with Crippen LogP contribution in [0.25, 0.3) is 0 Å². The van der Waals surface area contributed by atoms with Crippen molar-refractivity contribution in [2.24, 2.45) is 0 Å². The predicted octanol–water partition coefficient (Wildman–Crippen LogP) is -1.97. The fraction of sp³-hybridized carbons (Fsp3) is 0.625. The second-order valence-corrected chi connectivity index (χ2v) is 2.76. The van der Waals surface area contributed by atoms with E-state index in [1.54, 1.807) is 7.05 Å². The van der Waals surface area contributed by atoms with Gasteiger partial charge in [0.25, 0.3) is 0 Å². The summed E-state index contributed by atoms with van der Waals surface area (Å²) in [5.41, 5.74) is 0. The van der Waals surface area contributed by atoms with E-state index in [9.17, 15) is 14.4 Å². The molecule has 6 nitrogen and oxygen atoms in total. The summed E-state index contributed by atoms with van der Waals surface area (Å²) in [6.45, 7) is 1.43. The second kappa shape index (κ2) is 7.02. The Kier molecular flexibility index (Phi) is 6.30. The molecule has 2 amide bonds. The lowest BCUT2D eigenvalue weighted by Gasteiger charge is -2.04. The summed E-state index contributed by atoms with van der Waals surface area (Å²) in [7, 11) is 1.65. The minimum atomic E-state index is -0.371. The lowest BCUT2D eigenvalue weighted by molar-refractivity contribution is -0.126. The third-order valence-corrected chi connectivity index (χ3v) is 1.35. The third-order valence-electron chi connectivity index (χ3n) is 1.35. The largest absolute Gasteiger partial charge is 0.347 e. The minimum absolute atomic E-state index is 0.0146. The van der Waals surface area contributed by atoms with Gasteiger partial charge in [-0.2, -0.15) is 0 Å². The van der Waals surface area contributed by atoms with E-state index >= 15 is 0 Å². The molecular formula is C8H15N3O3. The number of Topliss-reactive ketones (excluding diaryl/α,β-unsaturated/α-hetero) is 1. The van der Waals surface area contributed by atoms with Crippen molar-refractivity contribution in [3.8, 4) is 0 Å². The molecule has 0 aromatic heterocycles. The highest BCUT2D eigenvalue weighted by atomic mass is 16.2. The van der Waals surface area contributed by atoms with Crippen molar-refractivity contribution in [1.82, 2.24) is 16.0 Å². The number of amides is 2. The third kappa shape index (κ3) is 7.23. The van der Waals surface area contributed by atoms with Crippen LogP contribution in [0.15, 0.2) is 0 Å². The van der Waals surface area contributed by atoms with Crippen molar-refractivity contribution >= 4 is 17.6 Å². The summed E-state index contributed by atoms with van der Waals surface area (Å²) in [6.07, 6.45) is 0. The summed E-state index contributed by atoms with van der Waals surface area (Å²) < 4.78 is 0. The van der Waals surface area contributed by atoms with E-state index in [-0.39, 0.29) is 37.2 Å². The molecular weight excluding hydrogens is 186 g/mol. The molecule has 0 aliphatic carbocycles. The summed E-state index contributed by atoms with van der Waals surface area (Å²) in [5, 5.41) is 7.37. The number of hydrogen-bond donors (Lipinski definition) is 3. The SMILES string of the molecule is CNCC(=O)CNC(=O)CNC(C)=O. The monoisotopic (exact) mass is 201 g/mol. The molecule has 0 saturated carbocycles. The van der Waals surface area contributed by atoms with Crippen molar-refractivity contribution < 1.29 is 14.4 Å². The van der Waals surface area contributed by atoms with Gasteiger partial charge in [0.2, 0.25) is 11.8 Å². The molecule has 14 heavy (non-hydrogen) atoms. The highest BCUT2D eigenvalue weighted by Gasteiger charge is 2.04. The highest BCUT2D eigenvalue weighted by molar-refractivity contribution is 5.89. The van der Waals surface area contributed by atoms with Crippen LogP contribution >= 0.6 is 0 Å². The highest BCUT2D eigenvalue weighted by Crippen LogP contribution is 1.69. The van der Waals surface area contributed by atoms with Gasteiger partial charge in [0, 0.05) is 6.92 Å². The zero-order valence-electron chi connectivity index (χ0n) is 8.35. The van der Waals surface area contributed by atoms with Gasteiger partial charge in [-0.25, -0.2) is 0 Å². The molecule has 0 spiro atoms. The molecule has 0 bridgehead atoms. The van der Waals surface area contributed by atoms with E-state index in [2.05, 4.69) is 16.0 Å². The molecule has 0 aromatic rings. The fourth-order valence-corrected chi connectivity index (χ4v) is 0.724. The van der Waals surface area contributed by atoms with E-state index < -0.39 is 0 Å². The Bertz CT molecular complexity index is 228. The van der Waals surface area contributed by atoms with Crippen LogP contribution in [0.3, 0.4) is 0 Å². The molecule has 6 heteroatoms. The number of hydrogen-bond acceptors (Lipinski definition) is 4. The topological polar surface area (TPSA) is 87.3 Å². The first-order chi connectivity index (χ1) is 6.56. The van der Waals surface area contributed by atoms with Crippen LogP contribution in [0.1, 0.15) is 6.92 Å². The lowest BCUT2D eigenvalue weighted by atomic mass is 10.4. The van der Waals surface area contributed by atoms with Gasteiger partial charge < -0.3 is 16.0 Å². The summed E-state index contributed by atoms with van der Waals surface area (Å²) in [5.74, 6) is -0.755. The number of likely N-dealkylation sites (N-methyl/N-ethyl adjacent to an activating group) is 1. The molecule has 80 valence electrons. The molecule has 0 heterocycles. The van der Waals surface area contributed by atoms with Gasteiger partial charge in [0.1, 0.15) is 0 Å². The van der Waals surface area contributed by atoms with Crippen LogP contribution in [-0.2, 0) is 14.4 Å². The van der Waals surface area contributed by atoms with Gasteiger partial charge in [-0.3, -0.25) is 14.4 Å². The van der Waals surface area contributed by atoms with Gasteiger partial charge in [-0.1, -0.05) is 0 Å². The van der Waals surface area contributed by atoms with Crippen molar-refractivity contribution in [3.05, 3.63) is 0 Å². The number of nitrogens with one attached hydrogen (secondary N) is 3. The maximum absolute atomic E-state index is 11.0. The molecule has 0 unspecified atom stereocenters. The smallest absolute Gasteiger partial charge is 0.239 e. The minimum Gasteiger partial charge on any atom is -0.347 e. The number of carbonyl (C=O) groups excluding carboxylic acids is 3. The lowest BCUT2D eigenvalue weighted by Crippen LogP contribution is -2.39. The first-order valence-electron chi connectivity index (χ1n) is 4.23. The average molecular weight is 201 g/mol. The summed E-state index contributed by atoms with van der Waals surface area (Å²) in [4.78, 5) is 32.3. The fourth-order valence-electron chi connectivity index (χ4n) is 0.724. The van der Waals surface area contributed by atoms with E-state index in [1.807, 2.05) is 0 Å². The number of rotatable bonds is 6. The van der Waals surface area contributed by atoms with Gasteiger partial charge in [0.15, 0.2) is 5.78 Å². The van der Waals surface area contributed by atoms with Crippen molar-refractivity contribution in [2.45, 2.75) is 6.92 Å². The van der Waals surface area contributed by atoms with Gasteiger partial charge in [-0.15, -0.1) is 0 Å². The van der Waals surface area contributed by atoms with E-state index in [1.165, 1.54) is 6.92 Å². The maximum atomic E-state index is 11.0. The van der Waals surface area contributed by atoms with Gasteiger partial charge >= 0.3 is 0 Å². The number of carbonyl (C=O) groups is 3. The predicted molar refractivity (Wildman–Crippen MR) is 50.6 cm³/mol. The molecule has 0 rings (SSSR count). The molecule has 0 aromatic carbocycles. The molecule has 3 N–H and O–H groups in total. The molecule has 0 aliphatic rings. The van der Waals surface area contributed by atoms with Crippen LogP contribution in [0.2, 0.25) is 0 Å². The molecule has 0 atom stereocenters. The molecule has 0 saturated heterocycles. The van der Waals surface area contributed by atoms with Crippen LogP contribution < -0.4 is 16.0 Å². The Morgan fingerprint density at radius 1 is 1.00 bits per heavy atom. The van der Waals surface area contributed by atoms with Gasteiger partial charge in [-0.05, 0) is 7.05 Å². The Balaban J connectivity index is 3.53. The average Bonchev–Trinajstić information content (AvgIpc) is 2.12.